The highest BCUT2D eigenvalue weighted by Crippen LogP contribution is 2.16. The van der Waals surface area contributed by atoms with Gasteiger partial charge in [-0.2, -0.15) is 5.26 Å². The number of hydrogen-bond acceptors (Lipinski definition) is 5. The molecule has 0 unspecified atom stereocenters. The number of nitriles is 1. The van der Waals surface area contributed by atoms with Gasteiger partial charge in [-0.25, -0.2) is 0 Å². The zero-order valence-electron chi connectivity index (χ0n) is 10.3. The number of pyridine rings is 1. The molecule has 0 saturated carbocycles. The predicted octanol–water partition coefficient (Wildman–Crippen LogP) is 2.58. The van der Waals surface area contributed by atoms with E-state index in [9.17, 15) is 0 Å². The number of hydrogen-bond donors (Lipinski definition) is 1. The van der Waals surface area contributed by atoms with Crippen LogP contribution in [0.1, 0.15) is 16.0 Å². The average molecular weight is 269 g/mol. The summed E-state index contributed by atoms with van der Waals surface area (Å²) in [5.74, 6) is 0.710. The molecule has 3 rings (SSSR count). The van der Waals surface area contributed by atoms with E-state index in [1.165, 1.54) is 0 Å². The summed E-state index contributed by atoms with van der Waals surface area (Å²) in [6.07, 6.45) is 1.95. The van der Waals surface area contributed by atoms with Crippen LogP contribution < -0.4 is 5.32 Å². The van der Waals surface area contributed by atoms with Crippen molar-refractivity contribution in [2.45, 2.75) is 13.5 Å². The number of aromatic nitrogens is 3. The van der Waals surface area contributed by atoms with Gasteiger partial charge >= 0.3 is 0 Å². The number of anilines is 1. The molecule has 0 aromatic carbocycles. The van der Waals surface area contributed by atoms with E-state index in [0.29, 0.717) is 18.1 Å². The van der Waals surface area contributed by atoms with E-state index in [2.05, 4.69) is 21.6 Å². The summed E-state index contributed by atoms with van der Waals surface area (Å²) in [5, 5.41) is 22.1. The molecule has 0 spiro atoms. The Hall–Kier alpha value is -2.39. The predicted molar refractivity (Wildman–Crippen MR) is 74.1 cm³/mol. The fourth-order valence-corrected chi connectivity index (χ4v) is 2.56. The summed E-state index contributed by atoms with van der Waals surface area (Å²) in [5.41, 5.74) is 2.68. The Morgan fingerprint density at radius 2 is 2.32 bits per heavy atom. The topological polar surface area (TPSA) is 66.0 Å². The molecular formula is C13H11N5S. The van der Waals surface area contributed by atoms with Crippen LogP contribution in [0.4, 0.5) is 5.95 Å². The number of thiophene rings is 1. The van der Waals surface area contributed by atoms with Crippen molar-refractivity contribution in [3.63, 3.8) is 0 Å². The molecule has 6 heteroatoms. The fourth-order valence-electron chi connectivity index (χ4n) is 1.81. The van der Waals surface area contributed by atoms with Crippen LogP contribution in [0.3, 0.4) is 0 Å². The Balaban J connectivity index is 1.80. The lowest BCUT2D eigenvalue weighted by Crippen LogP contribution is -2.02. The van der Waals surface area contributed by atoms with Crippen LogP contribution in [0, 0.1) is 18.3 Å². The second-order valence-electron chi connectivity index (χ2n) is 4.22. The number of nitrogens with one attached hydrogen (secondary N) is 1. The van der Waals surface area contributed by atoms with Gasteiger partial charge in [0.25, 0.3) is 0 Å². The Morgan fingerprint density at radius 1 is 1.42 bits per heavy atom. The maximum Gasteiger partial charge on any atom is 0.229 e. The molecule has 0 aliphatic rings. The molecule has 0 aliphatic carbocycles. The first-order valence-corrected chi connectivity index (χ1v) is 6.67. The minimum Gasteiger partial charge on any atom is -0.349 e. The van der Waals surface area contributed by atoms with Crippen molar-refractivity contribution >= 4 is 22.9 Å². The van der Waals surface area contributed by atoms with E-state index in [-0.39, 0.29) is 0 Å². The molecule has 0 bridgehead atoms. The van der Waals surface area contributed by atoms with Crippen molar-refractivity contribution in [1.29, 1.82) is 5.26 Å². The minimum absolute atomic E-state index is 0.640. The van der Waals surface area contributed by atoms with Crippen molar-refractivity contribution in [1.82, 2.24) is 14.6 Å². The van der Waals surface area contributed by atoms with Crippen molar-refractivity contribution in [2.75, 3.05) is 5.32 Å². The smallest absolute Gasteiger partial charge is 0.229 e. The summed E-state index contributed by atoms with van der Waals surface area (Å²) in [6, 6.07) is 8.00. The van der Waals surface area contributed by atoms with E-state index < -0.39 is 0 Å². The lowest BCUT2D eigenvalue weighted by Gasteiger charge is -2.02. The summed E-state index contributed by atoms with van der Waals surface area (Å²) >= 11 is 1.56. The maximum atomic E-state index is 8.78. The van der Waals surface area contributed by atoms with Gasteiger partial charge in [0.05, 0.1) is 12.1 Å². The molecule has 94 valence electrons. The highest BCUT2D eigenvalue weighted by Gasteiger charge is 2.05. The molecule has 0 fully saturated rings. The fraction of sp³-hybridized carbons (Fsp3) is 0.154. The van der Waals surface area contributed by atoms with Gasteiger partial charge in [-0.1, -0.05) is 0 Å². The van der Waals surface area contributed by atoms with Gasteiger partial charge in [0.1, 0.15) is 6.07 Å². The standard InChI is InChI=1S/C13H11N5S/c1-9-2-3-18-12(4-9)16-17-13(18)15-7-11-5-10(6-14)8-19-11/h2-5,8H,7H2,1H3,(H,15,17). The molecule has 19 heavy (non-hydrogen) atoms. The largest absolute Gasteiger partial charge is 0.349 e. The molecular weight excluding hydrogens is 258 g/mol. The van der Waals surface area contributed by atoms with Gasteiger partial charge in [-0.3, -0.25) is 4.40 Å². The zero-order valence-corrected chi connectivity index (χ0v) is 11.1. The van der Waals surface area contributed by atoms with E-state index in [0.717, 1.165) is 16.1 Å². The van der Waals surface area contributed by atoms with Crippen LogP contribution in [-0.2, 0) is 6.54 Å². The zero-order chi connectivity index (χ0) is 13.2. The van der Waals surface area contributed by atoms with Crippen molar-refractivity contribution in [2.24, 2.45) is 0 Å². The lowest BCUT2D eigenvalue weighted by molar-refractivity contribution is 1.04. The molecule has 3 aromatic heterocycles. The van der Waals surface area contributed by atoms with E-state index in [1.807, 2.05) is 41.1 Å². The van der Waals surface area contributed by atoms with Crippen LogP contribution in [-0.4, -0.2) is 14.6 Å². The first-order valence-electron chi connectivity index (χ1n) is 5.79. The Morgan fingerprint density at radius 3 is 3.11 bits per heavy atom. The third-order valence-corrected chi connectivity index (χ3v) is 3.71. The second kappa shape index (κ2) is 4.71. The van der Waals surface area contributed by atoms with E-state index in [1.54, 1.807) is 11.3 Å². The Labute approximate surface area is 114 Å². The third kappa shape index (κ3) is 2.28. The summed E-state index contributed by atoms with van der Waals surface area (Å²) < 4.78 is 1.91. The molecule has 3 heterocycles. The Bertz CT molecular complexity index is 765. The molecule has 5 nitrogen and oxygen atoms in total. The monoisotopic (exact) mass is 269 g/mol. The number of nitrogens with zero attached hydrogens (tertiary/aromatic N) is 4. The lowest BCUT2D eigenvalue weighted by atomic mass is 10.3. The highest BCUT2D eigenvalue weighted by molar-refractivity contribution is 7.10. The molecule has 0 atom stereocenters. The third-order valence-electron chi connectivity index (χ3n) is 2.77. The van der Waals surface area contributed by atoms with E-state index in [4.69, 9.17) is 5.26 Å². The number of aryl methyl sites for hydroxylation is 1. The van der Waals surface area contributed by atoms with Gasteiger partial charge in [-0.15, -0.1) is 21.5 Å². The van der Waals surface area contributed by atoms with Crippen LogP contribution in [0.2, 0.25) is 0 Å². The van der Waals surface area contributed by atoms with Gasteiger partial charge in [0, 0.05) is 16.5 Å². The van der Waals surface area contributed by atoms with Gasteiger partial charge < -0.3 is 5.32 Å². The molecule has 0 amide bonds. The van der Waals surface area contributed by atoms with Crippen molar-refractivity contribution in [3.8, 4) is 6.07 Å². The summed E-state index contributed by atoms with van der Waals surface area (Å²) in [4.78, 5) is 1.10. The summed E-state index contributed by atoms with van der Waals surface area (Å²) in [7, 11) is 0. The van der Waals surface area contributed by atoms with Crippen LogP contribution in [0.5, 0.6) is 0 Å². The van der Waals surface area contributed by atoms with E-state index >= 15 is 0 Å². The average Bonchev–Trinajstić information content (AvgIpc) is 3.02. The van der Waals surface area contributed by atoms with Crippen LogP contribution >= 0.6 is 11.3 Å². The van der Waals surface area contributed by atoms with Crippen LogP contribution in [0.25, 0.3) is 5.65 Å². The molecule has 0 radical (unpaired) electrons. The first kappa shape index (κ1) is 11.7. The van der Waals surface area contributed by atoms with Crippen LogP contribution in [0.15, 0.2) is 29.8 Å². The maximum absolute atomic E-state index is 8.78. The quantitative estimate of drug-likeness (QED) is 0.793. The minimum atomic E-state index is 0.640. The van der Waals surface area contributed by atoms with Gasteiger partial charge in [-0.05, 0) is 30.7 Å². The van der Waals surface area contributed by atoms with Crippen molar-refractivity contribution in [3.05, 3.63) is 45.8 Å². The van der Waals surface area contributed by atoms with Gasteiger partial charge in [0.15, 0.2) is 5.65 Å². The second-order valence-corrected chi connectivity index (χ2v) is 5.22. The number of rotatable bonds is 3. The highest BCUT2D eigenvalue weighted by atomic mass is 32.1. The first-order chi connectivity index (χ1) is 9.26. The molecule has 0 saturated heterocycles. The molecule has 1 N–H and O–H groups in total. The SMILES string of the molecule is Cc1ccn2c(NCc3cc(C#N)cs3)nnc2c1. The number of fused-ring (bicyclic) bond motifs is 1. The Kier molecular flexibility index (Phi) is 2.89. The normalized spacial score (nSPS) is 10.5. The molecule has 0 aliphatic heterocycles. The molecule has 3 aromatic rings. The van der Waals surface area contributed by atoms with Crippen molar-refractivity contribution < 1.29 is 0 Å². The van der Waals surface area contributed by atoms with Gasteiger partial charge in [0.2, 0.25) is 5.95 Å². The summed E-state index contributed by atoms with van der Waals surface area (Å²) in [6.45, 7) is 2.66.